The Morgan fingerprint density at radius 1 is 1.24 bits per heavy atom. The molecule has 7 nitrogen and oxygen atoms in total. The Kier molecular flexibility index (Phi) is 6.36. The third-order valence-corrected chi connectivity index (χ3v) is 4.02. The second-order valence-electron chi connectivity index (χ2n) is 7.19. The van der Waals surface area contributed by atoms with Crippen LogP contribution < -0.4 is 5.32 Å². The Labute approximate surface area is 149 Å². The third kappa shape index (κ3) is 6.01. The first-order chi connectivity index (χ1) is 11.8. The number of rotatable bonds is 4. The molecule has 0 spiro atoms. The molecule has 1 N–H and O–H groups in total. The minimum absolute atomic E-state index is 0.173. The molecule has 0 unspecified atom stereocenters. The molecule has 0 aromatic carbocycles. The van der Waals surface area contributed by atoms with E-state index >= 15 is 0 Å². The highest BCUT2D eigenvalue weighted by molar-refractivity contribution is 5.92. The molecule has 2 amide bonds. The Morgan fingerprint density at radius 2 is 1.92 bits per heavy atom. The van der Waals surface area contributed by atoms with Gasteiger partial charge in [-0.15, -0.1) is 0 Å². The molecule has 0 bridgehead atoms. The van der Waals surface area contributed by atoms with E-state index in [0.717, 1.165) is 31.6 Å². The number of carbonyl (C=O) groups excluding carboxylic acids is 2. The summed E-state index contributed by atoms with van der Waals surface area (Å²) in [5.41, 5.74) is 1.07. The Hall–Kier alpha value is -2.15. The zero-order chi connectivity index (χ0) is 18.4. The highest BCUT2D eigenvalue weighted by Crippen LogP contribution is 2.12. The van der Waals surface area contributed by atoms with Gasteiger partial charge >= 0.3 is 6.09 Å². The van der Waals surface area contributed by atoms with E-state index in [1.807, 2.05) is 32.9 Å². The van der Waals surface area contributed by atoms with Gasteiger partial charge in [-0.2, -0.15) is 0 Å². The van der Waals surface area contributed by atoms with Gasteiger partial charge in [0.25, 0.3) is 5.91 Å². The molecule has 1 aromatic rings. The zero-order valence-electron chi connectivity index (χ0n) is 15.5. The maximum atomic E-state index is 12.1. The van der Waals surface area contributed by atoms with Crippen molar-refractivity contribution < 1.29 is 14.3 Å². The number of pyridine rings is 1. The lowest BCUT2D eigenvalue weighted by atomic mass is 10.1. The first-order valence-electron chi connectivity index (χ1n) is 8.66. The van der Waals surface area contributed by atoms with Crippen LogP contribution in [-0.4, -0.2) is 72.2 Å². The standard InChI is InChI=1S/C18H28N4O3/c1-18(2,3)25-17(24)22-11-9-21(10-12-22)8-6-14-5-7-20-15(13-14)16(23)19-4/h5,7,13H,6,8-12H2,1-4H3,(H,19,23). The minimum atomic E-state index is -0.460. The first kappa shape index (κ1) is 19.2. The van der Waals surface area contributed by atoms with Crippen LogP contribution in [0.1, 0.15) is 36.8 Å². The fourth-order valence-corrected chi connectivity index (χ4v) is 2.65. The fraction of sp³-hybridized carbons (Fsp3) is 0.611. The molecule has 1 aliphatic heterocycles. The van der Waals surface area contributed by atoms with Gasteiger partial charge in [0.05, 0.1) is 0 Å². The van der Waals surface area contributed by atoms with Crippen LogP contribution in [0.5, 0.6) is 0 Å². The number of nitrogens with one attached hydrogen (secondary N) is 1. The van der Waals surface area contributed by atoms with E-state index in [0.29, 0.717) is 18.8 Å². The number of hydrogen-bond acceptors (Lipinski definition) is 5. The quantitative estimate of drug-likeness (QED) is 0.893. The number of aromatic nitrogens is 1. The van der Waals surface area contributed by atoms with Gasteiger partial charge < -0.3 is 15.0 Å². The average molecular weight is 348 g/mol. The highest BCUT2D eigenvalue weighted by atomic mass is 16.6. The van der Waals surface area contributed by atoms with E-state index in [1.54, 1.807) is 18.1 Å². The summed E-state index contributed by atoms with van der Waals surface area (Å²) in [7, 11) is 1.60. The summed E-state index contributed by atoms with van der Waals surface area (Å²) in [5.74, 6) is -0.173. The summed E-state index contributed by atoms with van der Waals surface area (Å²) in [6, 6.07) is 3.76. The molecule has 1 saturated heterocycles. The van der Waals surface area contributed by atoms with Crippen LogP contribution in [0.3, 0.4) is 0 Å². The molecule has 2 heterocycles. The van der Waals surface area contributed by atoms with Crippen LogP contribution in [0.25, 0.3) is 0 Å². The molecular weight excluding hydrogens is 320 g/mol. The number of amides is 2. The van der Waals surface area contributed by atoms with Gasteiger partial charge in [0.15, 0.2) is 0 Å². The molecule has 0 radical (unpaired) electrons. The van der Waals surface area contributed by atoms with Crippen molar-refractivity contribution in [1.29, 1.82) is 0 Å². The number of hydrogen-bond donors (Lipinski definition) is 1. The molecule has 1 aliphatic rings. The molecule has 25 heavy (non-hydrogen) atoms. The van der Waals surface area contributed by atoms with Gasteiger partial charge in [-0.05, 0) is 44.9 Å². The van der Waals surface area contributed by atoms with Crippen LogP contribution in [-0.2, 0) is 11.2 Å². The van der Waals surface area contributed by atoms with Crippen LogP contribution >= 0.6 is 0 Å². The van der Waals surface area contributed by atoms with Crippen molar-refractivity contribution in [3.63, 3.8) is 0 Å². The molecular formula is C18H28N4O3. The van der Waals surface area contributed by atoms with Gasteiger partial charge in [-0.25, -0.2) is 4.79 Å². The second-order valence-corrected chi connectivity index (χ2v) is 7.19. The van der Waals surface area contributed by atoms with Crippen LogP contribution in [0.4, 0.5) is 4.79 Å². The predicted octanol–water partition coefficient (Wildman–Crippen LogP) is 1.54. The van der Waals surface area contributed by atoms with Crippen LogP contribution in [0.15, 0.2) is 18.3 Å². The van der Waals surface area contributed by atoms with E-state index in [9.17, 15) is 9.59 Å². The minimum Gasteiger partial charge on any atom is -0.444 e. The summed E-state index contributed by atoms with van der Waals surface area (Å²) >= 11 is 0. The van der Waals surface area contributed by atoms with Crippen molar-refractivity contribution in [1.82, 2.24) is 20.1 Å². The van der Waals surface area contributed by atoms with Crippen molar-refractivity contribution >= 4 is 12.0 Å². The van der Waals surface area contributed by atoms with E-state index in [2.05, 4.69) is 15.2 Å². The third-order valence-electron chi connectivity index (χ3n) is 4.02. The lowest BCUT2D eigenvalue weighted by Crippen LogP contribution is -2.50. The van der Waals surface area contributed by atoms with Crippen molar-refractivity contribution in [2.24, 2.45) is 0 Å². The summed E-state index contributed by atoms with van der Waals surface area (Å²) in [5, 5.41) is 2.58. The van der Waals surface area contributed by atoms with E-state index < -0.39 is 5.60 Å². The SMILES string of the molecule is CNC(=O)c1cc(CCN2CCN(C(=O)OC(C)(C)C)CC2)ccn1. The normalized spacial score (nSPS) is 15.8. The number of ether oxygens (including phenoxy) is 1. The van der Waals surface area contributed by atoms with Gasteiger partial charge in [0.2, 0.25) is 0 Å². The summed E-state index contributed by atoms with van der Waals surface area (Å²) in [6.45, 7) is 9.52. The predicted molar refractivity (Wildman–Crippen MR) is 95.6 cm³/mol. The van der Waals surface area contributed by atoms with E-state index in [1.165, 1.54) is 0 Å². The molecule has 7 heteroatoms. The Bertz CT molecular complexity index is 605. The van der Waals surface area contributed by atoms with Crippen molar-refractivity contribution in [2.45, 2.75) is 32.8 Å². The molecule has 0 saturated carbocycles. The maximum absolute atomic E-state index is 12.1. The maximum Gasteiger partial charge on any atom is 0.410 e. The van der Waals surface area contributed by atoms with Gasteiger partial charge in [-0.1, -0.05) is 0 Å². The molecule has 2 rings (SSSR count). The average Bonchev–Trinajstić information content (AvgIpc) is 2.58. The Balaban J connectivity index is 1.79. The van der Waals surface area contributed by atoms with Crippen molar-refractivity contribution in [2.75, 3.05) is 39.8 Å². The number of carbonyl (C=O) groups is 2. The topological polar surface area (TPSA) is 74.8 Å². The van der Waals surface area contributed by atoms with Gasteiger partial charge in [-0.3, -0.25) is 14.7 Å². The van der Waals surface area contributed by atoms with Crippen molar-refractivity contribution in [3.8, 4) is 0 Å². The first-order valence-corrected chi connectivity index (χ1v) is 8.66. The molecule has 0 aliphatic carbocycles. The van der Waals surface area contributed by atoms with E-state index in [4.69, 9.17) is 4.74 Å². The summed E-state index contributed by atoms with van der Waals surface area (Å²) in [4.78, 5) is 31.9. The second kappa shape index (κ2) is 8.29. The molecule has 138 valence electrons. The smallest absolute Gasteiger partial charge is 0.410 e. The van der Waals surface area contributed by atoms with Gasteiger partial charge in [0, 0.05) is 46.0 Å². The Morgan fingerprint density at radius 3 is 2.52 bits per heavy atom. The summed E-state index contributed by atoms with van der Waals surface area (Å²) in [6.07, 6.45) is 2.27. The molecule has 1 fully saturated rings. The largest absolute Gasteiger partial charge is 0.444 e. The summed E-state index contributed by atoms with van der Waals surface area (Å²) < 4.78 is 5.41. The van der Waals surface area contributed by atoms with Crippen LogP contribution in [0.2, 0.25) is 0 Å². The van der Waals surface area contributed by atoms with Crippen LogP contribution in [0, 0.1) is 0 Å². The lowest BCUT2D eigenvalue weighted by Gasteiger charge is -2.35. The number of nitrogens with zero attached hydrogens (tertiary/aromatic N) is 3. The zero-order valence-corrected chi connectivity index (χ0v) is 15.5. The van der Waals surface area contributed by atoms with E-state index in [-0.39, 0.29) is 12.0 Å². The molecule has 0 atom stereocenters. The fourth-order valence-electron chi connectivity index (χ4n) is 2.65. The monoisotopic (exact) mass is 348 g/mol. The number of piperazine rings is 1. The highest BCUT2D eigenvalue weighted by Gasteiger charge is 2.25. The lowest BCUT2D eigenvalue weighted by molar-refractivity contribution is 0.0146. The van der Waals surface area contributed by atoms with Gasteiger partial charge in [0.1, 0.15) is 11.3 Å². The van der Waals surface area contributed by atoms with Crippen molar-refractivity contribution in [3.05, 3.63) is 29.6 Å². The molecule has 1 aromatic heterocycles.